The minimum Gasteiger partial charge on any atom is -0.324 e. The van der Waals surface area contributed by atoms with Crippen molar-refractivity contribution in [3.05, 3.63) is 18.2 Å². The van der Waals surface area contributed by atoms with E-state index in [4.69, 9.17) is 0 Å². The molecule has 1 saturated heterocycles. The Bertz CT molecular complexity index is 399. The Morgan fingerprint density at radius 1 is 1.75 bits per heavy atom. The minimum absolute atomic E-state index is 0.107. The van der Waals surface area contributed by atoms with E-state index < -0.39 is 5.67 Å². The molecule has 0 aliphatic carbocycles. The zero-order valence-electron chi connectivity index (χ0n) is 9.40. The van der Waals surface area contributed by atoms with Crippen LogP contribution in [-0.2, 0) is 0 Å². The van der Waals surface area contributed by atoms with Gasteiger partial charge in [-0.3, -0.25) is 4.57 Å². The molecule has 1 aliphatic rings. The van der Waals surface area contributed by atoms with Gasteiger partial charge in [0.25, 0.3) is 0 Å². The Hall–Kier alpha value is -1.43. The van der Waals surface area contributed by atoms with Gasteiger partial charge in [0, 0.05) is 26.3 Å². The molecule has 0 bridgehead atoms. The number of halogens is 1. The molecule has 16 heavy (non-hydrogen) atoms. The molecule has 1 aliphatic heterocycles. The van der Waals surface area contributed by atoms with Gasteiger partial charge < -0.3 is 10.2 Å². The minimum atomic E-state index is -1.28. The molecule has 1 fully saturated rings. The SMILES string of the molecule is Cc1cn(C(=O)N(C)CC2(F)CNC2)cn1. The normalized spacial score (nSPS) is 17.9. The number of alkyl halides is 1. The lowest BCUT2D eigenvalue weighted by Gasteiger charge is -2.37. The van der Waals surface area contributed by atoms with Gasteiger partial charge in [-0.1, -0.05) is 0 Å². The largest absolute Gasteiger partial charge is 0.329 e. The summed E-state index contributed by atoms with van der Waals surface area (Å²) in [4.78, 5) is 17.2. The van der Waals surface area contributed by atoms with E-state index in [1.54, 1.807) is 20.2 Å². The lowest BCUT2D eigenvalue weighted by Crippen LogP contribution is -2.62. The van der Waals surface area contributed by atoms with Gasteiger partial charge in [-0.25, -0.2) is 14.2 Å². The molecule has 1 aromatic heterocycles. The quantitative estimate of drug-likeness (QED) is 0.794. The zero-order valence-corrected chi connectivity index (χ0v) is 9.40. The van der Waals surface area contributed by atoms with Crippen molar-refractivity contribution in [1.82, 2.24) is 19.8 Å². The maximum atomic E-state index is 13.8. The molecule has 0 radical (unpaired) electrons. The van der Waals surface area contributed by atoms with Crippen LogP contribution in [0.25, 0.3) is 0 Å². The molecule has 0 saturated carbocycles. The maximum absolute atomic E-state index is 13.8. The monoisotopic (exact) mass is 226 g/mol. The van der Waals surface area contributed by atoms with E-state index in [1.807, 2.05) is 0 Å². The molecule has 0 unspecified atom stereocenters. The standard InChI is InChI=1S/C10H15FN4O/c1-8-3-15(7-13-8)9(16)14(2)6-10(11)4-12-5-10/h3,7,12H,4-6H2,1-2H3. The van der Waals surface area contributed by atoms with E-state index in [0.717, 1.165) is 5.69 Å². The second-order valence-electron chi connectivity index (χ2n) is 4.32. The summed E-state index contributed by atoms with van der Waals surface area (Å²) in [7, 11) is 1.59. The van der Waals surface area contributed by atoms with E-state index in [9.17, 15) is 9.18 Å². The molecule has 0 spiro atoms. The average molecular weight is 226 g/mol. The van der Waals surface area contributed by atoms with Gasteiger partial charge >= 0.3 is 6.03 Å². The number of hydrogen-bond donors (Lipinski definition) is 1. The number of carbonyl (C=O) groups excluding carboxylic acids is 1. The second-order valence-corrected chi connectivity index (χ2v) is 4.32. The van der Waals surface area contributed by atoms with E-state index in [0.29, 0.717) is 13.1 Å². The van der Waals surface area contributed by atoms with Crippen molar-refractivity contribution in [2.75, 3.05) is 26.7 Å². The number of aryl methyl sites for hydroxylation is 1. The molecule has 0 aromatic carbocycles. The Morgan fingerprint density at radius 3 is 2.88 bits per heavy atom. The van der Waals surface area contributed by atoms with Crippen molar-refractivity contribution in [2.45, 2.75) is 12.6 Å². The highest BCUT2D eigenvalue weighted by Crippen LogP contribution is 2.17. The number of aromatic nitrogens is 2. The average Bonchev–Trinajstić information content (AvgIpc) is 2.61. The summed E-state index contributed by atoms with van der Waals surface area (Å²) in [5, 5.41) is 2.86. The Balaban J connectivity index is 1.99. The molecule has 5 nitrogen and oxygen atoms in total. The first kappa shape index (κ1) is 11.1. The van der Waals surface area contributed by atoms with Crippen LogP contribution in [0.2, 0.25) is 0 Å². The molecular formula is C10H15FN4O. The fourth-order valence-electron chi connectivity index (χ4n) is 1.72. The molecule has 2 rings (SSSR count). The van der Waals surface area contributed by atoms with Gasteiger partial charge in [-0.05, 0) is 6.92 Å². The first-order chi connectivity index (χ1) is 7.50. The number of amides is 1. The predicted molar refractivity (Wildman–Crippen MR) is 57.1 cm³/mol. The van der Waals surface area contributed by atoms with Crippen LogP contribution in [0.4, 0.5) is 9.18 Å². The van der Waals surface area contributed by atoms with Crippen LogP contribution >= 0.6 is 0 Å². The zero-order chi connectivity index (χ0) is 11.8. The van der Waals surface area contributed by atoms with Crippen LogP contribution in [0.1, 0.15) is 5.69 Å². The van der Waals surface area contributed by atoms with Crippen molar-refractivity contribution >= 4 is 6.03 Å². The van der Waals surface area contributed by atoms with Crippen molar-refractivity contribution in [3.63, 3.8) is 0 Å². The van der Waals surface area contributed by atoms with Crippen molar-refractivity contribution in [2.24, 2.45) is 0 Å². The highest BCUT2D eigenvalue weighted by atomic mass is 19.1. The van der Waals surface area contributed by atoms with E-state index in [1.165, 1.54) is 15.8 Å². The summed E-state index contributed by atoms with van der Waals surface area (Å²) in [5.74, 6) is 0. The summed E-state index contributed by atoms with van der Waals surface area (Å²) >= 11 is 0. The number of carbonyl (C=O) groups is 1. The molecule has 88 valence electrons. The van der Waals surface area contributed by atoms with Gasteiger partial charge in [-0.2, -0.15) is 0 Å². The van der Waals surface area contributed by atoms with Crippen molar-refractivity contribution in [3.8, 4) is 0 Å². The van der Waals surface area contributed by atoms with Crippen LogP contribution in [0.15, 0.2) is 12.5 Å². The lowest BCUT2D eigenvalue weighted by molar-refractivity contribution is 0.0609. The fourth-order valence-corrected chi connectivity index (χ4v) is 1.72. The van der Waals surface area contributed by atoms with E-state index in [-0.39, 0.29) is 12.6 Å². The molecule has 0 atom stereocenters. The Kier molecular flexibility index (Phi) is 2.67. The number of imidazole rings is 1. The third-order valence-corrected chi connectivity index (χ3v) is 2.66. The summed E-state index contributed by atoms with van der Waals surface area (Å²) < 4.78 is 15.1. The summed E-state index contributed by atoms with van der Waals surface area (Å²) in [6.45, 7) is 2.54. The van der Waals surface area contributed by atoms with Gasteiger partial charge in [0.1, 0.15) is 6.33 Å². The van der Waals surface area contributed by atoms with Crippen LogP contribution in [0.3, 0.4) is 0 Å². The number of hydrogen-bond acceptors (Lipinski definition) is 3. The van der Waals surface area contributed by atoms with Crippen molar-refractivity contribution < 1.29 is 9.18 Å². The molecule has 1 amide bonds. The van der Waals surface area contributed by atoms with Crippen LogP contribution in [-0.4, -0.2) is 52.8 Å². The Morgan fingerprint density at radius 2 is 2.44 bits per heavy atom. The number of nitrogens with one attached hydrogen (secondary N) is 1. The number of rotatable bonds is 2. The van der Waals surface area contributed by atoms with Crippen molar-refractivity contribution in [1.29, 1.82) is 0 Å². The molecule has 2 heterocycles. The van der Waals surface area contributed by atoms with Gasteiger partial charge in [0.2, 0.25) is 0 Å². The third kappa shape index (κ3) is 2.06. The molecule has 1 aromatic rings. The van der Waals surface area contributed by atoms with Crippen LogP contribution in [0.5, 0.6) is 0 Å². The van der Waals surface area contributed by atoms with E-state index in [2.05, 4.69) is 10.3 Å². The third-order valence-electron chi connectivity index (χ3n) is 2.66. The Labute approximate surface area is 93.3 Å². The summed E-state index contributed by atoms with van der Waals surface area (Å²) in [5.41, 5.74) is -0.512. The first-order valence-corrected chi connectivity index (χ1v) is 5.16. The maximum Gasteiger partial charge on any atom is 0.329 e. The molecular weight excluding hydrogens is 211 g/mol. The van der Waals surface area contributed by atoms with Crippen LogP contribution < -0.4 is 5.32 Å². The summed E-state index contributed by atoms with van der Waals surface area (Å²) in [6, 6.07) is -0.260. The predicted octanol–water partition coefficient (Wildman–Crippen LogP) is 0.403. The molecule has 6 heteroatoms. The van der Waals surface area contributed by atoms with Crippen LogP contribution in [0, 0.1) is 6.92 Å². The fraction of sp³-hybridized carbons (Fsp3) is 0.600. The number of nitrogens with zero attached hydrogens (tertiary/aromatic N) is 3. The van der Waals surface area contributed by atoms with E-state index >= 15 is 0 Å². The van der Waals surface area contributed by atoms with Gasteiger partial charge in [0.15, 0.2) is 5.67 Å². The topological polar surface area (TPSA) is 50.2 Å². The lowest BCUT2D eigenvalue weighted by atomic mass is 9.99. The first-order valence-electron chi connectivity index (χ1n) is 5.16. The highest BCUT2D eigenvalue weighted by Gasteiger charge is 2.39. The van der Waals surface area contributed by atoms with Gasteiger partial charge in [-0.15, -0.1) is 0 Å². The second kappa shape index (κ2) is 3.86. The summed E-state index contributed by atoms with van der Waals surface area (Å²) in [6.07, 6.45) is 3.07. The smallest absolute Gasteiger partial charge is 0.324 e. The molecule has 1 N–H and O–H groups in total. The van der Waals surface area contributed by atoms with Gasteiger partial charge in [0.05, 0.1) is 12.2 Å². The highest BCUT2D eigenvalue weighted by molar-refractivity contribution is 5.76.